The van der Waals surface area contributed by atoms with Crippen molar-refractivity contribution in [3.8, 4) is 0 Å². The summed E-state index contributed by atoms with van der Waals surface area (Å²) in [6.07, 6.45) is 3.86. The summed E-state index contributed by atoms with van der Waals surface area (Å²) in [4.78, 5) is 10.2. The quantitative estimate of drug-likeness (QED) is 0.832. The average Bonchev–Trinajstić information content (AvgIpc) is 2.33. The van der Waals surface area contributed by atoms with E-state index < -0.39 is 0 Å². The molecule has 2 rings (SSSR count). The van der Waals surface area contributed by atoms with E-state index in [1.165, 1.54) is 6.42 Å². The van der Waals surface area contributed by atoms with Gasteiger partial charge in [-0.2, -0.15) is 4.98 Å². The second-order valence-electron chi connectivity index (χ2n) is 4.33. The van der Waals surface area contributed by atoms with Gasteiger partial charge in [-0.25, -0.2) is 4.98 Å². The van der Waals surface area contributed by atoms with Crippen molar-refractivity contribution in [1.82, 2.24) is 9.97 Å². The van der Waals surface area contributed by atoms with E-state index in [9.17, 15) is 0 Å². The molecule has 0 aliphatic carbocycles. The van der Waals surface area contributed by atoms with Crippen LogP contribution >= 0.6 is 11.6 Å². The summed E-state index contributed by atoms with van der Waals surface area (Å²) >= 11 is 5.80. The van der Waals surface area contributed by atoms with Gasteiger partial charge in [0.25, 0.3) is 0 Å². The highest BCUT2D eigenvalue weighted by Gasteiger charge is 2.22. The monoisotopic (exact) mass is 256 g/mol. The van der Waals surface area contributed by atoms with Crippen molar-refractivity contribution < 1.29 is 4.74 Å². The molecule has 5 nitrogen and oxygen atoms in total. The number of piperidine rings is 1. The molecule has 1 aliphatic heterocycles. The number of rotatable bonds is 3. The summed E-state index contributed by atoms with van der Waals surface area (Å²) in [7, 11) is 1.73. The minimum absolute atomic E-state index is 0.239. The predicted molar refractivity (Wildman–Crippen MR) is 68.3 cm³/mol. The molecule has 0 radical (unpaired) electrons. The molecule has 1 aromatic heterocycles. The highest BCUT2D eigenvalue weighted by Crippen LogP contribution is 2.26. The van der Waals surface area contributed by atoms with Gasteiger partial charge >= 0.3 is 0 Å². The lowest BCUT2D eigenvalue weighted by Crippen LogP contribution is -2.38. The zero-order valence-corrected chi connectivity index (χ0v) is 10.7. The predicted octanol–water partition coefficient (Wildman–Crippen LogP) is 1.57. The van der Waals surface area contributed by atoms with Crippen molar-refractivity contribution in [3.05, 3.63) is 11.5 Å². The van der Waals surface area contributed by atoms with E-state index in [4.69, 9.17) is 22.1 Å². The lowest BCUT2D eigenvalue weighted by atomic mass is 9.99. The Labute approximate surface area is 106 Å². The Morgan fingerprint density at radius 3 is 3.24 bits per heavy atom. The van der Waals surface area contributed by atoms with Gasteiger partial charge in [0.15, 0.2) is 5.82 Å². The van der Waals surface area contributed by atoms with E-state index in [2.05, 4.69) is 14.9 Å². The Balaban J connectivity index is 2.13. The Morgan fingerprint density at radius 2 is 2.47 bits per heavy atom. The van der Waals surface area contributed by atoms with Gasteiger partial charge in [0.05, 0.1) is 18.5 Å². The topological polar surface area (TPSA) is 64.3 Å². The van der Waals surface area contributed by atoms with Crippen LogP contribution in [0.1, 0.15) is 12.8 Å². The third-order valence-corrected chi connectivity index (χ3v) is 3.17. The molecule has 17 heavy (non-hydrogen) atoms. The van der Waals surface area contributed by atoms with Crippen molar-refractivity contribution in [3.63, 3.8) is 0 Å². The Morgan fingerprint density at radius 1 is 1.65 bits per heavy atom. The van der Waals surface area contributed by atoms with Crippen LogP contribution in [0.2, 0.25) is 5.28 Å². The van der Waals surface area contributed by atoms with Crippen LogP contribution in [0.4, 0.5) is 11.5 Å². The Bertz CT molecular complexity index is 386. The lowest BCUT2D eigenvalue weighted by Gasteiger charge is -2.33. The third kappa shape index (κ3) is 2.98. The first-order chi connectivity index (χ1) is 8.20. The smallest absolute Gasteiger partial charge is 0.224 e. The largest absolute Gasteiger partial charge is 0.394 e. The first-order valence-corrected chi connectivity index (χ1v) is 6.10. The first-order valence-electron chi connectivity index (χ1n) is 5.72. The number of aromatic nitrogens is 2. The van der Waals surface area contributed by atoms with Crippen molar-refractivity contribution in [2.24, 2.45) is 5.92 Å². The van der Waals surface area contributed by atoms with Gasteiger partial charge in [-0.05, 0) is 30.4 Å². The number of ether oxygens (including phenoxy) is 1. The third-order valence-electron chi connectivity index (χ3n) is 2.99. The fourth-order valence-electron chi connectivity index (χ4n) is 2.24. The molecule has 2 heterocycles. The Kier molecular flexibility index (Phi) is 4.02. The van der Waals surface area contributed by atoms with Crippen LogP contribution < -0.4 is 10.6 Å². The lowest BCUT2D eigenvalue weighted by molar-refractivity contribution is 0.143. The number of hydrogen-bond acceptors (Lipinski definition) is 5. The SMILES string of the molecule is COCC1CCCN(c2nc(Cl)ncc2N)C1. The van der Waals surface area contributed by atoms with Crippen molar-refractivity contribution in [2.75, 3.05) is 37.4 Å². The van der Waals surface area contributed by atoms with Gasteiger partial charge in [-0.15, -0.1) is 0 Å². The molecular formula is C11H17ClN4O. The molecule has 0 bridgehead atoms. The number of nitrogen functional groups attached to an aromatic ring is 1. The summed E-state index contributed by atoms with van der Waals surface area (Å²) < 4.78 is 5.20. The van der Waals surface area contributed by atoms with Crippen LogP contribution in [-0.4, -0.2) is 36.8 Å². The fourth-order valence-corrected chi connectivity index (χ4v) is 2.37. The molecule has 0 aromatic carbocycles. The van der Waals surface area contributed by atoms with Gasteiger partial charge in [-0.3, -0.25) is 0 Å². The number of halogens is 1. The van der Waals surface area contributed by atoms with Gasteiger partial charge < -0.3 is 15.4 Å². The summed E-state index contributed by atoms with van der Waals surface area (Å²) in [5.41, 5.74) is 6.46. The second kappa shape index (κ2) is 5.51. The van der Waals surface area contributed by atoms with Crippen LogP contribution in [0.5, 0.6) is 0 Å². The Hall–Kier alpha value is -1.07. The molecule has 1 unspecified atom stereocenters. The van der Waals surface area contributed by atoms with Crippen molar-refractivity contribution >= 4 is 23.1 Å². The highest BCUT2D eigenvalue weighted by molar-refractivity contribution is 6.28. The van der Waals surface area contributed by atoms with Crippen LogP contribution in [-0.2, 0) is 4.74 Å². The molecule has 1 fully saturated rings. The van der Waals surface area contributed by atoms with E-state index in [-0.39, 0.29) is 5.28 Å². The zero-order valence-electron chi connectivity index (χ0n) is 9.90. The van der Waals surface area contributed by atoms with Gasteiger partial charge in [0.1, 0.15) is 0 Å². The number of hydrogen-bond donors (Lipinski definition) is 1. The summed E-state index contributed by atoms with van der Waals surface area (Å²) in [5, 5.41) is 0.239. The maximum Gasteiger partial charge on any atom is 0.224 e. The number of nitrogens with zero attached hydrogens (tertiary/aromatic N) is 3. The second-order valence-corrected chi connectivity index (χ2v) is 4.67. The minimum atomic E-state index is 0.239. The van der Waals surface area contributed by atoms with Gasteiger partial charge in [0, 0.05) is 20.2 Å². The average molecular weight is 257 g/mol. The zero-order chi connectivity index (χ0) is 12.3. The normalized spacial score (nSPS) is 20.6. The molecule has 0 spiro atoms. The molecule has 1 aromatic rings. The number of anilines is 2. The molecule has 94 valence electrons. The maximum absolute atomic E-state index is 5.88. The van der Waals surface area contributed by atoms with E-state index in [1.54, 1.807) is 13.3 Å². The number of nitrogens with two attached hydrogens (primary N) is 1. The molecule has 1 atom stereocenters. The molecule has 0 amide bonds. The van der Waals surface area contributed by atoms with Gasteiger partial charge in [0.2, 0.25) is 5.28 Å². The molecule has 1 aliphatic rings. The van der Waals surface area contributed by atoms with E-state index in [1.807, 2.05) is 0 Å². The highest BCUT2D eigenvalue weighted by atomic mass is 35.5. The van der Waals surface area contributed by atoms with Crippen molar-refractivity contribution in [1.29, 1.82) is 0 Å². The fraction of sp³-hybridized carbons (Fsp3) is 0.636. The van der Waals surface area contributed by atoms with E-state index in [0.29, 0.717) is 11.6 Å². The number of methoxy groups -OCH3 is 1. The van der Waals surface area contributed by atoms with Crippen LogP contribution in [0.15, 0.2) is 6.20 Å². The first kappa shape index (κ1) is 12.4. The summed E-state index contributed by atoms with van der Waals surface area (Å²) in [6, 6.07) is 0. The summed E-state index contributed by atoms with van der Waals surface area (Å²) in [5.74, 6) is 1.27. The van der Waals surface area contributed by atoms with Crippen LogP contribution in [0.3, 0.4) is 0 Å². The minimum Gasteiger partial charge on any atom is -0.394 e. The molecular weight excluding hydrogens is 240 g/mol. The standard InChI is InChI=1S/C11H17ClN4O/c1-17-7-8-3-2-4-16(6-8)10-9(13)5-14-11(12)15-10/h5,8H,2-4,6-7,13H2,1H3. The van der Waals surface area contributed by atoms with Gasteiger partial charge in [-0.1, -0.05) is 0 Å². The molecule has 1 saturated heterocycles. The van der Waals surface area contributed by atoms with E-state index >= 15 is 0 Å². The summed E-state index contributed by atoms with van der Waals surface area (Å²) in [6.45, 7) is 2.64. The maximum atomic E-state index is 5.88. The van der Waals surface area contributed by atoms with Crippen molar-refractivity contribution in [2.45, 2.75) is 12.8 Å². The molecule has 6 heteroatoms. The van der Waals surface area contributed by atoms with E-state index in [0.717, 1.165) is 31.9 Å². The molecule has 0 saturated carbocycles. The van der Waals surface area contributed by atoms with Crippen LogP contribution in [0, 0.1) is 5.92 Å². The molecule has 2 N–H and O–H groups in total. The van der Waals surface area contributed by atoms with Crippen LogP contribution in [0.25, 0.3) is 0 Å².